The molecule has 0 bridgehead atoms. The Morgan fingerprint density at radius 2 is 1.81 bits per heavy atom. The molecule has 1 aromatic carbocycles. The molecule has 31 heavy (non-hydrogen) atoms. The third-order valence-electron chi connectivity index (χ3n) is 5.82. The number of aromatic nitrogens is 3. The van der Waals surface area contributed by atoms with Crippen LogP contribution in [0.2, 0.25) is 0 Å². The fourth-order valence-corrected chi connectivity index (χ4v) is 4.10. The number of urea groups is 1. The number of amides is 4. The first-order chi connectivity index (χ1) is 15.1. The molecule has 2 fully saturated rings. The van der Waals surface area contributed by atoms with E-state index in [-0.39, 0.29) is 11.8 Å². The van der Waals surface area contributed by atoms with E-state index in [1.807, 2.05) is 36.4 Å². The highest BCUT2D eigenvalue weighted by atomic mass is 16.2. The number of nitrogens with one attached hydrogen (secondary N) is 2. The number of piperidine rings is 1. The molecule has 1 spiro atoms. The number of rotatable bonds is 3. The number of pyridine rings is 1. The number of imide groups is 1. The van der Waals surface area contributed by atoms with Crippen LogP contribution in [0.4, 0.5) is 4.79 Å². The molecule has 0 aliphatic carbocycles. The average molecular weight is 416 g/mol. The van der Waals surface area contributed by atoms with Gasteiger partial charge >= 0.3 is 6.03 Å². The van der Waals surface area contributed by atoms with Gasteiger partial charge in [0.1, 0.15) is 11.2 Å². The van der Waals surface area contributed by atoms with Crippen LogP contribution in [0.25, 0.3) is 16.9 Å². The summed E-state index contributed by atoms with van der Waals surface area (Å²) in [5, 5.41) is 9.68. The van der Waals surface area contributed by atoms with Gasteiger partial charge in [-0.3, -0.25) is 19.9 Å². The van der Waals surface area contributed by atoms with Crippen molar-refractivity contribution >= 4 is 17.8 Å². The molecule has 0 unspecified atom stereocenters. The van der Waals surface area contributed by atoms with Crippen molar-refractivity contribution in [3.8, 4) is 16.9 Å². The van der Waals surface area contributed by atoms with Gasteiger partial charge in [0.05, 0.1) is 11.3 Å². The Kier molecular flexibility index (Phi) is 4.50. The predicted molar refractivity (Wildman–Crippen MR) is 111 cm³/mol. The lowest BCUT2D eigenvalue weighted by atomic mass is 9.87. The molecule has 2 aliphatic rings. The van der Waals surface area contributed by atoms with Gasteiger partial charge in [-0.15, -0.1) is 0 Å². The summed E-state index contributed by atoms with van der Waals surface area (Å²) in [5.41, 5.74) is 1.68. The van der Waals surface area contributed by atoms with Crippen LogP contribution in [-0.4, -0.2) is 56.1 Å². The minimum Gasteiger partial charge on any atom is -0.338 e. The first-order valence-corrected chi connectivity index (χ1v) is 10.0. The summed E-state index contributed by atoms with van der Waals surface area (Å²) in [6, 6.07) is 12.8. The minimum absolute atomic E-state index is 0.166. The van der Waals surface area contributed by atoms with E-state index in [0.29, 0.717) is 37.2 Å². The molecule has 4 heterocycles. The van der Waals surface area contributed by atoms with Gasteiger partial charge in [-0.2, -0.15) is 5.10 Å². The fourth-order valence-electron chi connectivity index (χ4n) is 4.10. The van der Waals surface area contributed by atoms with E-state index in [2.05, 4.69) is 20.7 Å². The summed E-state index contributed by atoms with van der Waals surface area (Å²) >= 11 is 0. The quantitative estimate of drug-likeness (QED) is 0.632. The van der Waals surface area contributed by atoms with Crippen molar-refractivity contribution in [1.29, 1.82) is 0 Å². The highest BCUT2D eigenvalue weighted by Crippen LogP contribution is 2.29. The van der Waals surface area contributed by atoms with Crippen molar-refractivity contribution in [2.24, 2.45) is 0 Å². The molecule has 3 aromatic rings. The number of likely N-dealkylation sites (tertiary alicyclic amines) is 1. The molecule has 4 amide bonds. The van der Waals surface area contributed by atoms with Gasteiger partial charge in [0, 0.05) is 37.2 Å². The SMILES string of the molecule is O=C1NC(=O)C2(CCN(C(=O)c3cn(-c4ccccc4)nc3-c3cccnc3)CC2)N1. The van der Waals surface area contributed by atoms with E-state index in [4.69, 9.17) is 0 Å². The van der Waals surface area contributed by atoms with Gasteiger partial charge in [0.2, 0.25) is 0 Å². The Morgan fingerprint density at radius 3 is 2.45 bits per heavy atom. The summed E-state index contributed by atoms with van der Waals surface area (Å²) in [4.78, 5) is 43.1. The van der Waals surface area contributed by atoms with Gasteiger partial charge in [-0.1, -0.05) is 18.2 Å². The standard InChI is InChI=1S/C22H20N6O3/c29-19(27-11-8-22(9-12-27)20(30)24-21(31)25-22)17-14-28(16-6-2-1-3-7-16)26-18(17)15-5-4-10-23-13-15/h1-7,10,13-14H,8-9,11-12H2,(H2,24,25,30,31). The summed E-state index contributed by atoms with van der Waals surface area (Å²) in [7, 11) is 0. The van der Waals surface area contributed by atoms with Crippen LogP contribution in [0.3, 0.4) is 0 Å². The smallest absolute Gasteiger partial charge is 0.322 e. The van der Waals surface area contributed by atoms with Crippen LogP contribution in [-0.2, 0) is 4.79 Å². The molecule has 2 N–H and O–H groups in total. The van der Waals surface area contributed by atoms with Crippen molar-refractivity contribution in [2.75, 3.05) is 13.1 Å². The molecule has 0 saturated carbocycles. The van der Waals surface area contributed by atoms with Crippen LogP contribution in [0.1, 0.15) is 23.2 Å². The number of hydrogen-bond donors (Lipinski definition) is 2. The summed E-state index contributed by atoms with van der Waals surface area (Å²) in [6.45, 7) is 0.713. The lowest BCUT2D eigenvalue weighted by Crippen LogP contribution is -2.55. The Hall–Kier alpha value is -4.01. The Labute approximate surface area is 178 Å². The zero-order chi connectivity index (χ0) is 21.4. The van der Waals surface area contributed by atoms with Gasteiger partial charge in [0.15, 0.2) is 0 Å². The number of nitrogens with zero attached hydrogens (tertiary/aromatic N) is 4. The monoisotopic (exact) mass is 416 g/mol. The second kappa shape index (κ2) is 7.35. The number of para-hydroxylation sites is 1. The van der Waals surface area contributed by atoms with Crippen molar-refractivity contribution in [2.45, 2.75) is 18.4 Å². The van der Waals surface area contributed by atoms with E-state index in [9.17, 15) is 14.4 Å². The number of carbonyl (C=O) groups excluding carboxylic acids is 3. The van der Waals surface area contributed by atoms with E-state index in [1.54, 1.807) is 34.2 Å². The zero-order valence-electron chi connectivity index (χ0n) is 16.6. The molecule has 5 rings (SSSR count). The molecule has 0 atom stereocenters. The zero-order valence-corrected chi connectivity index (χ0v) is 16.6. The number of hydrogen-bond acceptors (Lipinski definition) is 5. The fraction of sp³-hybridized carbons (Fsp3) is 0.227. The van der Waals surface area contributed by atoms with Crippen LogP contribution >= 0.6 is 0 Å². The highest BCUT2D eigenvalue weighted by molar-refractivity contribution is 6.07. The molecule has 2 aromatic heterocycles. The minimum atomic E-state index is -0.922. The first kappa shape index (κ1) is 19.0. The van der Waals surface area contributed by atoms with Crippen molar-refractivity contribution in [3.05, 3.63) is 66.6 Å². The van der Waals surface area contributed by atoms with Gasteiger partial charge in [0.25, 0.3) is 11.8 Å². The molecular formula is C22H20N6O3. The van der Waals surface area contributed by atoms with Crippen LogP contribution in [0.15, 0.2) is 61.1 Å². The van der Waals surface area contributed by atoms with Gasteiger partial charge < -0.3 is 10.2 Å². The van der Waals surface area contributed by atoms with Crippen molar-refractivity contribution in [3.63, 3.8) is 0 Å². The van der Waals surface area contributed by atoms with Crippen molar-refractivity contribution < 1.29 is 14.4 Å². The normalized spacial score (nSPS) is 17.5. The van der Waals surface area contributed by atoms with E-state index < -0.39 is 11.6 Å². The topological polar surface area (TPSA) is 109 Å². The number of benzene rings is 1. The van der Waals surface area contributed by atoms with Crippen LogP contribution in [0, 0.1) is 0 Å². The third kappa shape index (κ3) is 3.33. The summed E-state index contributed by atoms with van der Waals surface area (Å²) in [6.07, 6.45) is 5.81. The average Bonchev–Trinajstić information content (AvgIpc) is 3.36. The van der Waals surface area contributed by atoms with Crippen LogP contribution < -0.4 is 10.6 Å². The maximum absolute atomic E-state index is 13.5. The Morgan fingerprint density at radius 1 is 1.03 bits per heavy atom. The van der Waals surface area contributed by atoms with Gasteiger partial charge in [-0.25, -0.2) is 9.48 Å². The molecule has 9 nitrogen and oxygen atoms in total. The molecule has 9 heteroatoms. The second-order valence-corrected chi connectivity index (χ2v) is 7.70. The largest absolute Gasteiger partial charge is 0.338 e. The second-order valence-electron chi connectivity index (χ2n) is 7.70. The maximum Gasteiger partial charge on any atom is 0.322 e. The van der Waals surface area contributed by atoms with E-state index in [1.165, 1.54) is 0 Å². The van der Waals surface area contributed by atoms with Crippen LogP contribution in [0.5, 0.6) is 0 Å². The predicted octanol–water partition coefficient (Wildman–Crippen LogP) is 1.75. The summed E-state index contributed by atoms with van der Waals surface area (Å²) in [5.74, 6) is -0.488. The molecular weight excluding hydrogens is 396 g/mol. The summed E-state index contributed by atoms with van der Waals surface area (Å²) < 4.78 is 1.69. The number of carbonyl (C=O) groups is 3. The Balaban J connectivity index is 1.45. The molecule has 2 aliphatic heterocycles. The molecule has 0 radical (unpaired) electrons. The highest BCUT2D eigenvalue weighted by Gasteiger charge is 2.48. The Bertz CT molecular complexity index is 1150. The van der Waals surface area contributed by atoms with E-state index >= 15 is 0 Å². The molecule has 156 valence electrons. The maximum atomic E-state index is 13.5. The first-order valence-electron chi connectivity index (χ1n) is 10.0. The van der Waals surface area contributed by atoms with Gasteiger partial charge in [-0.05, 0) is 37.1 Å². The third-order valence-corrected chi connectivity index (χ3v) is 5.82. The molecule has 2 saturated heterocycles. The van der Waals surface area contributed by atoms with Crippen molar-refractivity contribution in [1.82, 2.24) is 30.3 Å². The lowest BCUT2D eigenvalue weighted by molar-refractivity contribution is -0.125. The lowest BCUT2D eigenvalue weighted by Gasteiger charge is -2.36. The van der Waals surface area contributed by atoms with E-state index in [0.717, 1.165) is 11.3 Å².